The number of nitrogens with two attached hydrogens (primary N) is 1. The standard InChI is InChI=1S/C14H26N4O2S/c1-11(2)18-10-14(6-13(18)7-15)21(19,20)16-8-12-4-5-17(3)9-12/h6,10-12,16H,4-5,7-9,15H2,1-3H3. The summed E-state index contributed by atoms with van der Waals surface area (Å²) in [6.07, 6.45) is 2.72. The number of nitrogens with zero attached hydrogens (tertiary/aromatic N) is 2. The molecule has 3 N–H and O–H groups in total. The van der Waals surface area contributed by atoms with Gasteiger partial charge in [0.05, 0.1) is 4.90 Å². The summed E-state index contributed by atoms with van der Waals surface area (Å²) in [5, 5.41) is 0. The predicted octanol–water partition coefficient (Wildman–Crippen LogP) is 0.758. The van der Waals surface area contributed by atoms with Crippen LogP contribution >= 0.6 is 0 Å². The van der Waals surface area contributed by atoms with Gasteiger partial charge in [-0.1, -0.05) is 0 Å². The van der Waals surface area contributed by atoms with Crippen LogP contribution in [0, 0.1) is 5.92 Å². The molecule has 1 aromatic rings. The molecule has 120 valence electrons. The molecule has 7 heteroatoms. The van der Waals surface area contributed by atoms with Crippen LogP contribution in [0.3, 0.4) is 0 Å². The van der Waals surface area contributed by atoms with E-state index in [1.165, 1.54) is 0 Å². The average molecular weight is 314 g/mol. The van der Waals surface area contributed by atoms with Gasteiger partial charge in [-0.2, -0.15) is 0 Å². The summed E-state index contributed by atoms with van der Waals surface area (Å²) in [6, 6.07) is 1.86. The zero-order chi connectivity index (χ0) is 15.6. The van der Waals surface area contributed by atoms with Gasteiger partial charge < -0.3 is 15.2 Å². The van der Waals surface area contributed by atoms with Crippen LogP contribution in [0.5, 0.6) is 0 Å². The molecule has 21 heavy (non-hydrogen) atoms. The molecule has 1 fully saturated rings. The number of aromatic nitrogens is 1. The van der Waals surface area contributed by atoms with Gasteiger partial charge in [0.1, 0.15) is 0 Å². The fourth-order valence-electron chi connectivity index (χ4n) is 2.79. The van der Waals surface area contributed by atoms with Crippen molar-refractivity contribution in [1.29, 1.82) is 0 Å². The van der Waals surface area contributed by atoms with Gasteiger partial charge >= 0.3 is 0 Å². The fraction of sp³-hybridized carbons (Fsp3) is 0.714. The molecule has 0 saturated carbocycles. The van der Waals surface area contributed by atoms with E-state index in [9.17, 15) is 8.42 Å². The quantitative estimate of drug-likeness (QED) is 0.812. The van der Waals surface area contributed by atoms with Crippen molar-refractivity contribution in [3.63, 3.8) is 0 Å². The van der Waals surface area contributed by atoms with E-state index < -0.39 is 10.0 Å². The van der Waals surface area contributed by atoms with Crippen LogP contribution in [0.1, 0.15) is 32.0 Å². The first-order valence-corrected chi connectivity index (χ1v) is 8.91. The molecule has 0 aliphatic carbocycles. The van der Waals surface area contributed by atoms with Crippen LogP contribution in [0.4, 0.5) is 0 Å². The molecule has 0 bridgehead atoms. The second kappa shape index (κ2) is 6.48. The Hall–Kier alpha value is -0.890. The van der Waals surface area contributed by atoms with Crippen molar-refractivity contribution in [2.75, 3.05) is 26.7 Å². The van der Waals surface area contributed by atoms with Crippen molar-refractivity contribution in [3.8, 4) is 0 Å². The lowest BCUT2D eigenvalue weighted by atomic mass is 10.1. The van der Waals surface area contributed by atoms with E-state index in [4.69, 9.17) is 5.73 Å². The zero-order valence-electron chi connectivity index (χ0n) is 13.0. The molecule has 2 rings (SSSR count). The van der Waals surface area contributed by atoms with Crippen molar-refractivity contribution in [1.82, 2.24) is 14.2 Å². The lowest BCUT2D eigenvalue weighted by Crippen LogP contribution is -2.30. The highest BCUT2D eigenvalue weighted by molar-refractivity contribution is 7.89. The number of nitrogens with one attached hydrogen (secondary N) is 1. The highest BCUT2D eigenvalue weighted by Crippen LogP contribution is 2.19. The summed E-state index contributed by atoms with van der Waals surface area (Å²) >= 11 is 0. The van der Waals surface area contributed by atoms with Crippen LogP contribution in [-0.2, 0) is 16.6 Å². The van der Waals surface area contributed by atoms with E-state index in [-0.39, 0.29) is 6.04 Å². The first kappa shape index (κ1) is 16.5. The first-order valence-electron chi connectivity index (χ1n) is 7.42. The van der Waals surface area contributed by atoms with E-state index >= 15 is 0 Å². The smallest absolute Gasteiger partial charge is 0.242 e. The summed E-state index contributed by atoms with van der Waals surface area (Å²) < 4.78 is 29.4. The Bertz CT molecular complexity index is 580. The minimum atomic E-state index is -3.46. The Morgan fingerprint density at radius 3 is 2.67 bits per heavy atom. The Kier molecular flexibility index (Phi) is 5.08. The minimum absolute atomic E-state index is 0.191. The van der Waals surface area contributed by atoms with Gasteiger partial charge in [-0.05, 0) is 45.8 Å². The molecule has 1 unspecified atom stereocenters. The van der Waals surface area contributed by atoms with Crippen molar-refractivity contribution in [3.05, 3.63) is 18.0 Å². The lowest BCUT2D eigenvalue weighted by molar-refractivity contribution is 0.394. The number of rotatable bonds is 6. The maximum Gasteiger partial charge on any atom is 0.242 e. The summed E-state index contributed by atoms with van der Waals surface area (Å²) in [5.41, 5.74) is 6.53. The average Bonchev–Trinajstić information content (AvgIpc) is 3.02. The van der Waals surface area contributed by atoms with Crippen molar-refractivity contribution in [2.45, 2.75) is 37.8 Å². The second-order valence-electron chi connectivity index (χ2n) is 6.14. The number of hydrogen-bond donors (Lipinski definition) is 2. The maximum absolute atomic E-state index is 12.4. The molecular weight excluding hydrogens is 288 g/mol. The van der Waals surface area contributed by atoms with Gasteiger partial charge in [-0.3, -0.25) is 0 Å². The highest BCUT2D eigenvalue weighted by atomic mass is 32.2. The molecule has 0 radical (unpaired) electrons. The Morgan fingerprint density at radius 2 is 2.19 bits per heavy atom. The first-order chi connectivity index (χ1) is 9.83. The van der Waals surface area contributed by atoms with Crippen LogP contribution in [0.2, 0.25) is 0 Å². The van der Waals surface area contributed by atoms with E-state index in [0.29, 0.717) is 23.9 Å². The van der Waals surface area contributed by atoms with Crippen LogP contribution in [0.25, 0.3) is 0 Å². The van der Waals surface area contributed by atoms with Gasteiger partial charge in [0.15, 0.2) is 0 Å². The van der Waals surface area contributed by atoms with Crippen molar-refractivity contribution < 1.29 is 8.42 Å². The molecule has 1 aliphatic rings. The van der Waals surface area contributed by atoms with Crippen molar-refractivity contribution >= 4 is 10.0 Å². The van der Waals surface area contributed by atoms with E-state index in [2.05, 4.69) is 16.7 Å². The predicted molar refractivity (Wildman–Crippen MR) is 83.5 cm³/mol. The van der Waals surface area contributed by atoms with Crippen LogP contribution < -0.4 is 10.5 Å². The SMILES string of the molecule is CC(C)n1cc(S(=O)(=O)NCC2CCN(C)C2)cc1CN. The number of likely N-dealkylation sites (tertiary alicyclic amines) is 1. The Balaban J connectivity index is 2.08. The summed E-state index contributed by atoms with van der Waals surface area (Å²) in [5.74, 6) is 0.394. The molecule has 0 aromatic carbocycles. The summed E-state index contributed by atoms with van der Waals surface area (Å²) in [4.78, 5) is 2.53. The molecule has 2 heterocycles. The Morgan fingerprint density at radius 1 is 1.48 bits per heavy atom. The third-order valence-corrected chi connectivity index (χ3v) is 5.42. The summed E-state index contributed by atoms with van der Waals surface area (Å²) in [7, 11) is -1.40. The zero-order valence-corrected chi connectivity index (χ0v) is 13.9. The van der Waals surface area contributed by atoms with Crippen molar-refractivity contribution in [2.24, 2.45) is 11.7 Å². The molecule has 0 spiro atoms. The molecule has 0 amide bonds. The second-order valence-corrected chi connectivity index (χ2v) is 7.91. The topological polar surface area (TPSA) is 80.4 Å². The molecule has 6 nitrogen and oxygen atoms in total. The molecule has 1 saturated heterocycles. The van der Waals surface area contributed by atoms with E-state index in [0.717, 1.165) is 25.2 Å². The Labute approximate surface area is 127 Å². The van der Waals surface area contributed by atoms with Crippen LogP contribution in [-0.4, -0.2) is 44.6 Å². The van der Waals surface area contributed by atoms with Gasteiger partial charge in [0.2, 0.25) is 10.0 Å². The third kappa shape index (κ3) is 3.85. The molecule has 1 atom stereocenters. The molecule has 1 aromatic heterocycles. The highest BCUT2D eigenvalue weighted by Gasteiger charge is 2.23. The van der Waals surface area contributed by atoms with E-state index in [1.807, 2.05) is 18.4 Å². The van der Waals surface area contributed by atoms with Gasteiger partial charge in [0.25, 0.3) is 0 Å². The molecular formula is C14H26N4O2S. The summed E-state index contributed by atoms with van der Waals surface area (Å²) in [6.45, 7) is 6.84. The maximum atomic E-state index is 12.4. The largest absolute Gasteiger partial charge is 0.346 e. The number of sulfonamides is 1. The monoisotopic (exact) mass is 314 g/mol. The van der Waals surface area contributed by atoms with Crippen LogP contribution in [0.15, 0.2) is 17.2 Å². The van der Waals surface area contributed by atoms with Gasteiger partial charge in [0, 0.05) is 37.6 Å². The third-order valence-electron chi connectivity index (χ3n) is 4.03. The normalized spacial score (nSPS) is 20.5. The number of hydrogen-bond acceptors (Lipinski definition) is 4. The fourth-order valence-corrected chi connectivity index (χ4v) is 3.96. The van der Waals surface area contributed by atoms with Gasteiger partial charge in [-0.15, -0.1) is 0 Å². The van der Waals surface area contributed by atoms with Gasteiger partial charge in [-0.25, -0.2) is 13.1 Å². The van der Waals surface area contributed by atoms with E-state index in [1.54, 1.807) is 12.3 Å². The minimum Gasteiger partial charge on any atom is -0.346 e. The lowest BCUT2D eigenvalue weighted by Gasteiger charge is -2.12. The molecule has 1 aliphatic heterocycles.